The molecule has 0 aromatic heterocycles. The highest BCUT2D eigenvalue weighted by molar-refractivity contribution is 9.10. The van der Waals surface area contributed by atoms with Crippen molar-refractivity contribution in [3.05, 3.63) is 40.4 Å². The molecule has 0 bridgehead atoms. The van der Waals surface area contributed by atoms with Crippen LogP contribution >= 0.6 is 15.9 Å². The Morgan fingerprint density at radius 1 is 1.24 bits per heavy atom. The third-order valence-corrected chi connectivity index (χ3v) is 6.57. The highest BCUT2D eigenvalue weighted by atomic mass is 79.9. The number of benzene rings is 2. The molecule has 2 unspecified atom stereocenters. The zero-order valence-electron chi connectivity index (χ0n) is 17.6. The van der Waals surface area contributed by atoms with Crippen molar-refractivity contribution in [1.82, 2.24) is 0 Å². The van der Waals surface area contributed by atoms with Crippen LogP contribution in [0.15, 0.2) is 34.8 Å². The maximum Gasteiger partial charge on any atom is 0.405 e. The SMILES string of the molecule is COCCCOc1cc(CC2(OC(N)=O)CC2C(C)(C)C)c(Br)c2ccccc12. The lowest BCUT2D eigenvalue weighted by atomic mass is 9.86. The number of ether oxygens (including phenoxy) is 3. The molecule has 2 aromatic carbocycles. The highest BCUT2D eigenvalue weighted by Gasteiger charge is 2.62. The van der Waals surface area contributed by atoms with Crippen LogP contribution in [0.1, 0.15) is 39.2 Å². The van der Waals surface area contributed by atoms with Crippen LogP contribution in [0.25, 0.3) is 10.8 Å². The van der Waals surface area contributed by atoms with Gasteiger partial charge in [0.25, 0.3) is 0 Å². The van der Waals surface area contributed by atoms with E-state index in [1.54, 1.807) is 7.11 Å². The molecule has 2 atom stereocenters. The van der Waals surface area contributed by atoms with Gasteiger partial charge in [0.15, 0.2) is 0 Å². The molecule has 1 aliphatic rings. The van der Waals surface area contributed by atoms with E-state index >= 15 is 0 Å². The largest absolute Gasteiger partial charge is 0.493 e. The van der Waals surface area contributed by atoms with Crippen molar-refractivity contribution in [2.75, 3.05) is 20.3 Å². The van der Waals surface area contributed by atoms with Gasteiger partial charge >= 0.3 is 6.09 Å². The van der Waals surface area contributed by atoms with Crippen molar-refractivity contribution >= 4 is 32.8 Å². The number of hydrogen-bond donors (Lipinski definition) is 1. The Morgan fingerprint density at radius 3 is 2.52 bits per heavy atom. The molecule has 2 N–H and O–H groups in total. The Morgan fingerprint density at radius 2 is 1.93 bits per heavy atom. The number of hydrogen-bond acceptors (Lipinski definition) is 4. The van der Waals surface area contributed by atoms with Crippen molar-refractivity contribution in [3.8, 4) is 5.75 Å². The number of carbonyl (C=O) groups is 1. The summed E-state index contributed by atoms with van der Waals surface area (Å²) >= 11 is 3.78. The van der Waals surface area contributed by atoms with E-state index in [-0.39, 0.29) is 11.3 Å². The van der Waals surface area contributed by atoms with Gasteiger partial charge in [-0.15, -0.1) is 0 Å². The third-order valence-electron chi connectivity index (χ3n) is 5.63. The molecule has 1 fully saturated rings. The fraction of sp³-hybridized carbons (Fsp3) is 0.522. The molecular formula is C23H30BrNO4. The summed E-state index contributed by atoms with van der Waals surface area (Å²) in [4.78, 5) is 11.6. The molecule has 1 saturated carbocycles. The summed E-state index contributed by atoms with van der Waals surface area (Å²) in [6, 6.07) is 10.2. The number of primary amides is 1. The first-order valence-corrected chi connectivity index (χ1v) is 10.8. The van der Waals surface area contributed by atoms with Gasteiger partial charge in [0.1, 0.15) is 11.4 Å². The molecule has 0 heterocycles. The van der Waals surface area contributed by atoms with Gasteiger partial charge in [-0.05, 0) is 44.8 Å². The standard InChI is InChI=1S/C23H30BrNO4/c1-22(2,3)19-14-23(19,29-21(25)26)13-15-12-18(28-11-7-10-27-4)16-8-5-6-9-17(16)20(15)24/h5-6,8-9,12,19H,7,10-11,13-14H2,1-4H3,(H2,25,26). The van der Waals surface area contributed by atoms with Crippen LogP contribution in [0.2, 0.25) is 0 Å². The van der Waals surface area contributed by atoms with Gasteiger partial charge in [-0.2, -0.15) is 0 Å². The number of rotatable bonds is 8. The summed E-state index contributed by atoms with van der Waals surface area (Å²) < 4.78 is 17.9. The molecule has 0 saturated heterocycles. The topological polar surface area (TPSA) is 70.8 Å². The Bertz CT molecular complexity index is 892. The monoisotopic (exact) mass is 463 g/mol. The van der Waals surface area contributed by atoms with Crippen LogP contribution in [0.3, 0.4) is 0 Å². The Balaban J connectivity index is 1.96. The lowest BCUT2D eigenvalue weighted by Crippen LogP contribution is -2.31. The van der Waals surface area contributed by atoms with Crippen LogP contribution in [0.4, 0.5) is 4.79 Å². The van der Waals surface area contributed by atoms with Crippen LogP contribution in [-0.2, 0) is 15.9 Å². The van der Waals surface area contributed by atoms with Gasteiger partial charge < -0.3 is 19.9 Å². The van der Waals surface area contributed by atoms with Gasteiger partial charge in [0, 0.05) is 42.3 Å². The Hall–Kier alpha value is -1.79. The average Bonchev–Trinajstić information content (AvgIpc) is 3.35. The number of nitrogens with two attached hydrogens (primary N) is 1. The average molecular weight is 464 g/mol. The smallest absolute Gasteiger partial charge is 0.405 e. The number of amides is 1. The van der Waals surface area contributed by atoms with E-state index in [4.69, 9.17) is 19.9 Å². The minimum Gasteiger partial charge on any atom is -0.493 e. The zero-order chi connectivity index (χ0) is 21.2. The van der Waals surface area contributed by atoms with E-state index < -0.39 is 11.7 Å². The third kappa shape index (κ3) is 4.86. The van der Waals surface area contributed by atoms with Crippen molar-refractivity contribution in [3.63, 3.8) is 0 Å². The number of fused-ring (bicyclic) bond motifs is 1. The van der Waals surface area contributed by atoms with E-state index in [2.05, 4.69) is 54.9 Å². The molecule has 158 valence electrons. The van der Waals surface area contributed by atoms with E-state index in [1.807, 2.05) is 12.1 Å². The van der Waals surface area contributed by atoms with Crippen molar-refractivity contribution in [2.24, 2.45) is 17.1 Å². The van der Waals surface area contributed by atoms with Crippen LogP contribution < -0.4 is 10.5 Å². The van der Waals surface area contributed by atoms with Gasteiger partial charge in [-0.25, -0.2) is 4.79 Å². The second-order valence-corrected chi connectivity index (χ2v) is 9.67. The van der Waals surface area contributed by atoms with Gasteiger partial charge in [0.2, 0.25) is 0 Å². The van der Waals surface area contributed by atoms with Crippen molar-refractivity contribution in [2.45, 2.75) is 45.6 Å². The number of halogens is 1. The molecular weight excluding hydrogens is 434 g/mol. The van der Waals surface area contributed by atoms with Crippen LogP contribution in [0.5, 0.6) is 5.75 Å². The zero-order valence-corrected chi connectivity index (χ0v) is 19.2. The first kappa shape index (κ1) is 21.9. The fourth-order valence-corrected chi connectivity index (χ4v) is 4.84. The predicted molar refractivity (Wildman–Crippen MR) is 118 cm³/mol. The first-order chi connectivity index (χ1) is 13.7. The second-order valence-electron chi connectivity index (χ2n) is 8.87. The Kier molecular flexibility index (Phi) is 6.44. The van der Waals surface area contributed by atoms with E-state index in [1.165, 1.54) is 0 Å². The maximum absolute atomic E-state index is 11.6. The van der Waals surface area contributed by atoms with Crippen LogP contribution in [-0.4, -0.2) is 32.0 Å². The molecule has 3 rings (SSSR count). The molecule has 1 aliphatic carbocycles. The molecule has 1 amide bonds. The van der Waals surface area contributed by atoms with Crippen molar-refractivity contribution < 1.29 is 19.0 Å². The molecule has 0 radical (unpaired) electrons. The quantitative estimate of drug-likeness (QED) is 0.527. The van der Waals surface area contributed by atoms with Gasteiger partial charge in [-0.1, -0.05) is 45.0 Å². The minimum atomic E-state index is -0.718. The summed E-state index contributed by atoms with van der Waals surface area (Å²) in [6.07, 6.45) is 1.50. The molecule has 6 heteroatoms. The summed E-state index contributed by atoms with van der Waals surface area (Å²) in [7, 11) is 1.69. The van der Waals surface area contributed by atoms with Crippen LogP contribution in [0, 0.1) is 11.3 Å². The lowest BCUT2D eigenvalue weighted by Gasteiger charge is -2.25. The highest BCUT2D eigenvalue weighted by Crippen LogP contribution is 2.58. The summed E-state index contributed by atoms with van der Waals surface area (Å²) in [5, 5.41) is 2.13. The van der Waals surface area contributed by atoms with Gasteiger partial charge in [0.05, 0.1) is 6.61 Å². The molecule has 5 nitrogen and oxygen atoms in total. The van der Waals surface area contributed by atoms with E-state index in [9.17, 15) is 4.79 Å². The fourth-order valence-electron chi connectivity index (χ4n) is 4.24. The predicted octanol–water partition coefficient (Wildman–Crippen LogP) is 5.46. The Labute approximate surface area is 181 Å². The summed E-state index contributed by atoms with van der Waals surface area (Å²) in [6.45, 7) is 7.74. The second kappa shape index (κ2) is 8.52. The molecule has 29 heavy (non-hydrogen) atoms. The first-order valence-electron chi connectivity index (χ1n) is 9.98. The van der Waals surface area contributed by atoms with Crippen molar-refractivity contribution in [1.29, 1.82) is 0 Å². The van der Waals surface area contributed by atoms with Gasteiger partial charge in [-0.3, -0.25) is 0 Å². The normalized spacial score (nSPS) is 21.2. The number of carbonyl (C=O) groups excluding carboxylic acids is 1. The lowest BCUT2D eigenvalue weighted by molar-refractivity contribution is 0.0640. The molecule has 0 aliphatic heterocycles. The molecule has 0 spiro atoms. The maximum atomic E-state index is 11.6. The summed E-state index contributed by atoms with van der Waals surface area (Å²) in [5.74, 6) is 1.09. The van der Waals surface area contributed by atoms with E-state index in [0.717, 1.165) is 39.4 Å². The van der Waals surface area contributed by atoms with E-state index in [0.29, 0.717) is 19.6 Å². The number of methoxy groups -OCH3 is 1. The molecule has 2 aromatic rings. The minimum absolute atomic E-state index is 0.0260. The summed E-state index contributed by atoms with van der Waals surface area (Å²) in [5.41, 5.74) is 5.93.